The lowest BCUT2D eigenvalue weighted by molar-refractivity contribution is 0.729. The van der Waals surface area contributed by atoms with Crippen LogP contribution in [0.4, 0.5) is 11.5 Å². The summed E-state index contributed by atoms with van der Waals surface area (Å²) in [5.41, 5.74) is 3.66. The van der Waals surface area contributed by atoms with Crippen LogP contribution in [0.1, 0.15) is 12.5 Å². The number of anilines is 2. The van der Waals surface area contributed by atoms with Crippen LogP contribution < -0.4 is 5.32 Å². The van der Waals surface area contributed by atoms with Gasteiger partial charge in [-0.3, -0.25) is 0 Å². The van der Waals surface area contributed by atoms with E-state index in [0.29, 0.717) is 17.0 Å². The van der Waals surface area contributed by atoms with Crippen molar-refractivity contribution >= 4 is 22.7 Å². The van der Waals surface area contributed by atoms with E-state index in [4.69, 9.17) is 0 Å². The molecule has 0 saturated heterocycles. The first-order chi connectivity index (χ1) is 9.29. The maximum Gasteiger partial charge on any atom is 0.183 e. The minimum atomic E-state index is 0.677. The van der Waals surface area contributed by atoms with Gasteiger partial charge >= 0.3 is 0 Å². The fraction of sp³-hybridized carbons (Fsp3) is 0.231. The average Bonchev–Trinajstić information content (AvgIpc) is 2.82. The van der Waals surface area contributed by atoms with Crippen molar-refractivity contribution < 1.29 is 0 Å². The number of fused-ring (bicyclic) bond motifs is 1. The van der Waals surface area contributed by atoms with Gasteiger partial charge in [0.2, 0.25) is 0 Å². The molecule has 6 nitrogen and oxygen atoms in total. The van der Waals surface area contributed by atoms with Gasteiger partial charge in [0, 0.05) is 12.7 Å². The molecule has 19 heavy (non-hydrogen) atoms. The highest BCUT2D eigenvalue weighted by Gasteiger charge is 2.10. The van der Waals surface area contributed by atoms with Gasteiger partial charge in [0.05, 0.1) is 0 Å². The molecule has 0 bridgehead atoms. The van der Waals surface area contributed by atoms with E-state index in [9.17, 15) is 0 Å². The number of aromatic nitrogens is 5. The van der Waals surface area contributed by atoms with Gasteiger partial charge in [0.15, 0.2) is 17.0 Å². The molecule has 0 spiro atoms. The molecule has 0 atom stereocenters. The summed E-state index contributed by atoms with van der Waals surface area (Å²) < 4.78 is 1.63. The third-order valence-electron chi connectivity index (χ3n) is 3.04. The molecule has 0 unspecified atom stereocenters. The molecule has 2 heterocycles. The van der Waals surface area contributed by atoms with Crippen LogP contribution in [0.15, 0.2) is 30.6 Å². The molecule has 6 heteroatoms. The van der Waals surface area contributed by atoms with E-state index in [1.807, 2.05) is 25.2 Å². The molecule has 0 radical (unpaired) electrons. The predicted molar refractivity (Wildman–Crippen MR) is 73.2 cm³/mol. The molecule has 0 aliphatic rings. The lowest BCUT2D eigenvalue weighted by atomic mass is 10.1. The SMILES string of the molecule is CCc1ccccc1Nc1ncnc2c1nnn2C. The molecule has 1 aromatic carbocycles. The normalized spacial score (nSPS) is 10.8. The average molecular weight is 254 g/mol. The number of benzene rings is 1. The zero-order chi connectivity index (χ0) is 13.2. The zero-order valence-corrected chi connectivity index (χ0v) is 10.8. The summed E-state index contributed by atoms with van der Waals surface area (Å²) in [5, 5.41) is 11.4. The quantitative estimate of drug-likeness (QED) is 0.774. The Labute approximate surface area is 110 Å². The Morgan fingerprint density at radius 2 is 2.05 bits per heavy atom. The number of aryl methyl sites for hydroxylation is 2. The van der Waals surface area contributed by atoms with Gasteiger partial charge in [-0.05, 0) is 18.1 Å². The number of hydrogen-bond acceptors (Lipinski definition) is 5. The first kappa shape index (κ1) is 11.6. The highest BCUT2D eigenvalue weighted by molar-refractivity contribution is 5.84. The van der Waals surface area contributed by atoms with Crippen molar-refractivity contribution in [3.05, 3.63) is 36.2 Å². The van der Waals surface area contributed by atoms with Crippen molar-refractivity contribution in [3.8, 4) is 0 Å². The summed E-state index contributed by atoms with van der Waals surface area (Å²) in [6, 6.07) is 8.15. The third-order valence-corrected chi connectivity index (χ3v) is 3.04. The first-order valence-corrected chi connectivity index (χ1v) is 6.15. The van der Waals surface area contributed by atoms with Gasteiger partial charge in [-0.25, -0.2) is 14.6 Å². The van der Waals surface area contributed by atoms with Crippen LogP contribution in [0.5, 0.6) is 0 Å². The minimum Gasteiger partial charge on any atom is -0.338 e. The van der Waals surface area contributed by atoms with Crippen LogP contribution >= 0.6 is 0 Å². The minimum absolute atomic E-state index is 0.677. The summed E-state index contributed by atoms with van der Waals surface area (Å²) in [7, 11) is 1.81. The Hall–Kier alpha value is -2.50. The van der Waals surface area contributed by atoms with E-state index in [0.717, 1.165) is 12.1 Å². The predicted octanol–water partition coefficient (Wildman–Crippen LogP) is 2.06. The maximum atomic E-state index is 4.25. The Morgan fingerprint density at radius 1 is 1.21 bits per heavy atom. The first-order valence-electron chi connectivity index (χ1n) is 6.15. The Balaban J connectivity index is 2.06. The fourth-order valence-electron chi connectivity index (χ4n) is 2.02. The van der Waals surface area contributed by atoms with Crippen molar-refractivity contribution in [3.63, 3.8) is 0 Å². The molecule has 0 aliphatic heterocycles. The summed E-state index contributed by atoms with van der Waals surface area (Å²) in [6.45, 7) is 2.12. The second kappa shape index (κ2) is 4.64. The summed E-state index contributed by atoms with van der Waals surface area (Å²) in [4.78, 5) is 8.43. The standard InChI is InChI=1S/C13H14N6/c1-3-9-6-4-5-7-10(9)16-12-11-13(15-8-14-12)19(2)18-17-11/h4-8H,3H2,1-2H3,(H,14,15,16). The van der Waals surface area contributed by atoms with Crippen LogP contribution in [-0.4, -0.2) is 25.0 Å². The van der Waals surface area contributed by atoms with Gasteiger partial charge in [0.1, 0.15) is 6.33 Å². The van der Waals surface area contributed by atoms with E-state index in [-0.39, 0.29) is 0 Å². The molecule has 0 fully saturated rings. The zero-order valence-electron chi connectivity index (χ0n) is 10.8. The van der Waals surface area contributed by atoms with Crippen LogP contribution in [0, 0.1) is 0 Å². The second-order valence-corrected chi connectivity index (χ2v) is 4.24. The lowest BCUT2D eigenvalue weighted by Crippen LogP contribution is -1.99. The Kier molecular flexibility index (Phi) is 2.83. The molecule has 96 valence electrons. The van der Waals surface area contributed by atoms with Crippen LogP contribution in [0.25, 0.3) is 11.2 Å². The molecule has 0 saturated carbocycles. The van der Waals surface area contributed by atoms with Crippen LogP contribution in [0.3, 0.4) is 0 Å². The maximum absolute atomic E-state index is 4.25. The van der Waals surface area contributed by atoms with E-state index < -0.39 is 0 Å². The molecule has 3 aromatic rings. The summed E-state index contributed by atoms with van der Waals surface area (Å²) in [6.07, 6.45) is 2.47. The van der Waals surface area contributed by atoms with Crippen LogP contribution in [0.2, 0.25) is 0 Å². The van der Waals surface area contributed by atoms with Crippen molar-refractivity contribution in [2.24, 2.45) is 7.05 Å². The lowest BCUT2D eigenvalue weighted by Gasteiger charge is -2.09. The van der Waals surface area contributed by atoms with Gasteiger partial charge in [0.25, 0.3) is 0 Å². The van der Waals surface area contributed by atoms with Gasteiger partial charge < -0.3 is 5.32 Å². The third kappa shape index (κ3) is 2.01. The van der Waals surface area contributed by atoms with E-state index in [1.165, 1.54) is 11.9 Å². The van der Waals surface area contributed by atoms with Crippen molar-refractivity contribution in [1.29, 1.82) is 0 Å². The fourth-order valence-corrected chi connectivity index (χ4v) is 2.02. The van der Waals surface area contributed by atoms with Crippen LogP contribution in [-0.2, 0) is 13.5 Å². The molecule has 0 amide bonds. The molecule has 3 rings (SSSR count). The van der Waals surface area contributed by atoms with Crippen molar-refractivity contribution in [2.45, 2.75) is 13.3 Å². The smallest absolute Gasteiger partial charge is 0.183 e. The topological polar surface area (TPSA) is 68.5 Å². The van der Waals surface area contributed by atoms with E-state index in [2.05, 4.69) is 38.6 Å². The Morgan fingerprint density at radius 3 is 2.89 bits per heavy atom. The van der Waals surface area contributed by atoms with Gasteiger partial charge in [-0.2, -0.15) is 0 Å². The second-order valence-electron chi connectivity index (χ2n) is 4.24. The molecule has 2 aromatic heterocycles. The monoisotopic (exact) mass is 254 g/mol. The highest BCUT2D eigenvalue weighted by Crippen LogP contribution is 2.23. The van der Waals surface area contributed by atoms with Crippen molar-refractivity contribution in [2.75, 3.05) is 5.32 Å². The molecular formula is C13H14N6. The largest absolute Gasteiger partial charge is 0.338 e. The number of rotatable bonds is 3. The Bertz CT molecular complexity index is 718. The summed E-state index contributed by atoms with van der Waals surface area (Å²) >= 11 is 0. The molecule has 1 N–H and O–H groups in total. The number of nitrogens with zero attached hydrogens (tertiary/aromatic N) is 5. The number of nitrogens with one attached hydrogen (secondary N) is 1. The summed E-state index contributed by atoms with van der Waals surface area (Å²) in [5.74, 6) is 0.680. The van der Waals surface area contributed by atoms with E-state index in [1.54, 1.807) is 4.68 Å². The number of para-hydroxylation sites is 1. The van der Waals surface area contributed by atoms with E-state index >= 15 is 0 Å². The van der Waals surface area contributed by atoms with Crippen molar-refractivity contribution in [1.82, 2.24) is 25.0 Å². The van der Waals surface area contributed by atoms with Gasteiger partial charge in [-0.1, -0.05) is 30.3 Å². The number of hydrogen-bond donors (Lipinski definition) is 1. The van der Waals surface area contributed by atoms with Gasteiger partial charge in [-0.15, -0.1) is 5.10 Å². The highest BCUT2D eigenvalue weighted by atomic mass is 15.4. The molecule has 0 aliphatic carbocycles. The molecular weight excluding hydrogens is 240 g/mol.